The van der Waals surface area contributed by atoms with Gasteiger partial charge < -0.3 is 5.32 Å². The Morgan fingerprint density at radius 2 is 1.85 bits per heavy atom. The average Bonchev–Trinajstić information content (AvgIpc) is 2.38. The Morgan fingerprint density at radius 3 is 2.55 bits per heavy atom. The molecule has 0 fully saturated rings. The summed E-state index contributed by atoms with van der Waals surface area (Å²) in [5, 5.41) is 3.02. The summed E-state index contributed by atoms with van der Waals surface area (Å²) in [6.45, 7) is 6.30. The monoisotopic (exact) mass is 267 g/mol. The fourth-order valence-electron chi connectivity index (χ4n) is 2.32. The Bertz CT molecular complexity index is 602. The van der Waals surface area contributed by atoms with Gasteiger partial charge >= 0.3 is 0 Å². The molecule has 1 N–H and O–H groups in total. The average molecular weight is 267 g/mol. The number of hydrogen-bond donors (Lipinski definition) is 1. The first-order valence-corrected chi connectivity index (χ1v) is 7.00. The lowest BCUT2D eigenvalue weighted by Crippen LogP contribution is -2.15. The third kappa shape index (κ3) is 3.70. The van der Waals surface area contributed by atoms with Crippen molar-refractivity contribution >= 4 is 11.6 Å². The molecule has 0 heterocycles. The van der Waals surface area contributed by atoms with Crippen molar-refractivity contribution in [2.45, 2.75) is 33.1 Å². The van der Waals surface area contributed by atoms with Gasteiger partial charge in [-0.3, -0.25) is 4.79 Å². The fourth-order valence-corrected chi connectivity index (χ4v) is 2.32. The van der Waals surface area contributed by atoms with Crippen LogP contribution in [-0.4, -0.2) is 5.91 Å². The zero-order valence-corrected chi connectivity index (χ0v) is 12.3. The molecule has 0 aromatic heterocycles. The normalized spacial score (nSPS) is 10.6. The van der Waals surface area contributed by atoms with Crippen molar-refractivity contribution in [3.05, 3.63) is 65.2 Å². The maximum Gasteiger partial charge on any atom is 0.228 e. The third-order valence-electron chi connectivity index (χ3n) is 3.30. The summed E-state index contributed by atoms with van der Waals surface area (Å²) in [6, 6.07) is 16.0. The van der Waals surface area contributed by atoms with E-state index in [-0.39, 0.29) is 5.91 Å². The molecule has 0 aliphatic rings. The number of para-hydroxylation sites is 1. The second-order valence-electron chi connectivity index (χ2n) is 5.46. The summed E-state index contributed by atoms with van der Waals surface area (Å²) in [4.78, 5) is 12.2. The van der Waals surface area contributed by atoms with Crippen molar-refractivity contribution in [1.29, 1.82) is 0 Å². The zero-order valence-electron chi connectivity index (χ0n) is 12.3. The number of rotatable bonds is 4. The van der Waals surface area contributed by atoms with E-state index >= 15 is 0 Å². The van der Waals surface area contributed by atoms with Gasteiger partial charge in [0.15, 0.2) is 0 Å². The molecule has 0 saturated carbocycles. The smallest absolute Gasteiger partial charge is 0.228 e. The Hall–Kier alpha value is -2.09. The van der Waals surface area contributed by atoms with Gasteiger partial charge in [0, 0.05) is 5.69 Å². The molecular weight excluding hydrogens is 246 g/mol. The van der Waals surface area contributed by atoms with Gasteiger partial charge in [-0.1, -0.05) is 61.9 Å². The molecule has 2 aromatic rings. The first-order chi connectivity index (χ1) is 9.56. The van der Waals surface area contributed by atoms with Gasteiger partial charge in [-0.15, -0.1) is 0 Å². The second-order valence-corrected chi connectivity index (χ2v) is 5.46. The maximum atomic E-state index is 12.2. The molecule has 2 rings (SSSR count). The van der Waals surface area contributed by atoms with Crippen molar-refractivity contribution in [1.82, 2.24) is 0 Å². The Kier molecular flexibility index (Phi) is 4.57. The molecule has 0 unspecified atom stereocenters. The van der Waals surface area contributed by atoms with E-state index in [1.807, 2.05) is 49.4 Å². The van der Waals surface area contributed by atoms with Crippen molar-refractivity contribution in [2.24, 2.45) is 0 Å². The SMILES string of the molecule is Cc1cccc(CC(=O)Nc2ccccc2C(C)C)c1. The van der Waals surface area contributed by atoms with Crippen molar-refractivity contribution < 1.29 is 4.79 Å². The molecule has 104 valence electrons. The lowest BCUT2D eigenvalue weighted by atomic mass is 10.0. The van der Waals surface area contributed by atoms with Gasteiger partial charge in [-0.05, 0) is 30.0 Å². The highest BCUT2D eigenvalue weighted by atomic mass is 16.1. The minimum atomic E-state index is 0.0312. The largest absolute Gasteiger partial charge is 0.326 e. The van der Waals surface area contributed by atoms with E-state index in [0.29, 0.717) is 12.3 Å². The van der Waals surface area contributed by atoms with Crippen LogP contribution in [0.15, 0.2) is 48.5 Å². The number of nitrogens with one attached hydrogen (secondary N) is 1. The van der Waals surface area contributed by atoms with E-state index < -0.39 is 0 Å². The molecule has 0 radical (unpaired) electrons. The molecule has 0 atom stereocenters. The molecule has 2 heteroatoms. The molecule has 1 amide bonds. The molecule has 0 bridgehead atoms. The highest BCUT2D eigenvalue weighted by Crippen LogP contribution is 2.23. The maximum absolute atomic E-state index is 12.2. The highest BCUT2D eigenvalue weighted by molar-refractivity contribution is 5.93. The predicted octanol–water partition coefficient (Wildman–Crippen LogP) is 4.30. The Morgan fingerprint density at radius 1 is 1.10 bits per heavy atom. The summed E-state index contributed by atoms with van der Waals surface area (Å²) in [5.74, 6) is 0.425. The number of amides is 1. The van der Waals surface area contributed by atoms with Gasteiger partial charge in [-0.2, -0.15) is 0 Å². The topological polar surface area (TPSA) is 29.1 Å². The minimum absolute atomic E-state index is 0.0312. The standard InChI is InChI=1S/C18H21NO/c1-13(2)16-9-4-5-10-17(16)19-18(20)12-15-8-6-7-14(3)11-15/h4-11,13H,12H2,1-3H3,(H,19,20). The van der Waals surface area contributed by atoms with Crippen LogP contribution in [0.5, 0.6) is 0 Å². The quantitative estimate of drug-likeness (QED) is 0.879. The van der Waals surface area contributed by atoms with Gasteiger partial charge in [0.2, 0.25) is 5.91 Å². The predicted molar refractivity (Wildman–Crippen MR) is 84.0 cm³/mol. The van der Waals surface area contributed by atoms with Crippen LogP contribution in [0.1, 0.15) is 36.5 Å². The van der Waals surface area contributed by atoms with Crippen LogP contribution in [0, 0.1) is 6.92 Å². The number of carbonyl (C=O) groups excluding carboxylic acids is 1. The second kappa shape index (κ2) is 6.38. The number of benzene rings is 2. The highest BCUT2D eigenvalue weighted by Gasteiger charge is 2.09. The first-order valence-electron chi connectivity index (χ1n) is 7.00. The van der Waals surface area contributed by atoms with Gasteiger partial charge in [-0.25, -0.2) is 0 Å². The van der Waals surface area contributed by atoms with Crippen molar-refractivity contribution in [2.75, 3.05) is 5.32 Å². The van der Waals surface area contributed by atoms with Crippen molar-refractivity contribution in [3.8, 4) is 0 Å². The molecule has 2 aromatic carbocycles. The number of aryl methyl sites for hydroxylation is 1. The first kappa shape index (κ1) is 14.3. The molecule has 2 nitrogen and oxygen atoms in total. The molecule has 20 heavy (non-hydrogen) atoms. The van der Waals surface area contributed by atoms with E-state index in [1.54, 1.807) is 0 Å². The molecule has 0 aliphatic carbocycles. The summed E-state index contributed by atoms with van der Waals surface area (Å²) < 4.78 is 0. The summed E-state index contributed by atoms with van der Waals surface area (Å²) >= 11 is 0. The number of hydrogen-bond acceptors (Lipinski definition) is 1. The molecule has 0 saturated heterocycles. The Balaban J connectivity index is 2.09. The van der Waals surface area contributed by atoms with E-state index in [1.165, 1.54) is 11.1 Å². The minimum Gasteiger partial charge on any atom is -0.326 e. The summed E-state index contributed by atoms with van der Waals surface area (Å²) in [6.07, 6.45) is 0.411. The van der Waals surface area contributed by atoms with E-state index in [0.717, 1.165) is 11.3 Å². The zero-order chi connectivity index (χ0) is 14.5. The van der Waals surface area contributed by atoms with Crippen LogP contribution < -0.4 is 5.32 Å². The lowest BCUT2D eigenvalue weighted by molar-refractivity contribution is -0.115. The van der Waals surface area contributed by atoms with Crippen LogP contribution in [0.4, 0.5) is 5.69 Å². The summed E-state index contributed by atoms with van der Waals surface area (Å²) in [5.41, 5.74) is 4.31. The molecule has 0 spiro atoms. The van der Waals surface area contributed by atoms with Crippen LogP contribution in [-0.2, 0) is 11.2 Å². The molecule has 0 aliphatic heterocycles. The lowest BCUT2D eigenvalue weighted by Gasteiger charge is -2.13. The molecular formula is C18H21NO. The Labute approximate surface area is 120 Å². The van der Waals surface area contributed by atoms with Gasteiger partial charge in [0.05, 0.1) is 6.42 Å². The van der Waals surface area contributed by atoms with Crippen LogP contribution in [0.25, 0.3) is 0 Å². The van der Waals surface area contributed by atoms with Crippen LogP contribution in [0.3, 0.4) is 0 Å². The van der Waals surface area contributed by atoms with E-state index in [2.05, 4.69) is 25.2 Å². The van der Waals surface area contributed by atoms with Gasteiger partial charge in [0.25, 0.3) is 0 Å². The van der Waals surface area contributed by atoms with E-state index in [4.69, 9.17) is 0 Å². The fraction of sp³-hybridized carbons (Fsp3) is 0.278. The third-order valence-corrected chi connectivity index (χ3v) is 3.30. The van der Waals surface area contributed by atoms with E-state index in [9.17, 15) is 4.79 Å². The van der Waals surface area contributed by atoms with Gasteiger partial charge in [0.1, 0.15) is 0 Å². The van der Waals surface area contributed by atoms with Crippen molar-refractivity contribution in [3.63, 3.8) is 0 Å². The number of anilines is 1. The van der Waals surface area contributed by atoms with Crippen LogP contribution in [0.2, 0.25) is 0 Å². The number of carbonyl (C=O) groups is 1. The summed E-state index contributed by atoms with van der Waals surface area (Å²) in [7, 11) is 0. The van der Waals surface area contributed by atoms with Crippen LogP contribution >= 0.6 is 0 Å².